The molecule has 1 aliphatic heterocycles. The quantitative estimate of drug-likeness (QED) is 0.215. The zero-order valence-corrected chi connectivity index (χ0v) is 25.4. The molecule has 5 rings (SSSR count). The van der Waals surface area contributed by atoms with E-state index < -0.39 is 0 Å². The molecule has 0 bridgehead atoms. The van der Waals surface area contributed by atoms with Crippen molar-refractivity contribution in [3.8, 4) is 0 Å². The molecular formula is C33H53N3O3. The third kappa shape index (κ3) is 5.48. The van der Waals surface area contributed by atoms with E-state index in [1.165, 1.54) is 37.7 Å². The predicted octanol–water partition coefficient (Wildman–Crippen LogP) is 6.99. The number of fused-ring (bicyclic) bond motifs is 5. The lowest BCUT2D eigenvalue weighted by molar-refractivity contribution is -0.117. The van der Waals surface area contributed by atoms with Crippen molar-refractivity contribution in [1.29, 1.82) is 0 Å². The summed E-state index contributed by atoms with van der Waals surface area (Å²) < 4.78 is 0. The fourth-order valence-electron chi connectivity index (χ4n) is 9.76. The molecule has 5 aliphatic rings. The third-order valence-electron chi connectivity index (χ3n) is 12.0. The number of oxime groups is 1. The first-order valence-electron chi connectivity index (χ1n) is 16.0. The lowest BCUT2D eigenvalue weighted by atomic mass is 9.46. The van der Waals surface area contributed by atoms with Crippen LogP contribution in [0, 0.1) is 46.3 Å². The van der Waals surface area contributed by atoms with Gasteiger partial charge in [0.05, 0.1) is 5.71 Å². The average Bonchev–Trinajstić information content (AvgIpc) is 3.47. The molecule has 6 nitrogen and oxygen atoms in total. The molecule has 4 aliphatic carbocycles. The van der Waals surface area contributed by atoms with Crippen LogP contribution in [0.3, 0.4) is 0 Å². The smallest absolute Gasteiger partial charge is 0.314 e. The van der Waals surface area contributed by atoms with Crippen molar-refractivity contribution < 1.29 is 14.4 Å². The van der Waals surface area contributed by atoms with Crippen LogP contribution >= 0.6 is 0 Å². The van der Waals surface area contributed by atoms with Crippen LogP contribution in [0.15, 0.2) is 16.8 Å². The van der Waals surface area contributed by atoms with E-state index in [4.69, 9.17) is 4.84 Å². The van der Waals surface area contributed by atoms with Crippen molar-refractivity contribution in [3.05, 3.63) is 11.6 Å². The van der Waals surface area contributed by atoms with E-state index in [1.54, 1.807) is 0 Å². The number of amides is 1. The molecule has 0 aromatic carbocycles. The van der Waals surface area contributed by atoms with E-state index >= 15 is 0 Å². The largest absolute Gasteiger partial charge is 0.435 e. The maximum absolute atomic E-state index is 13.2. The molecule has 0 radical (unpaired) electrons. The number of carbonyl (C=O) groups excluding carboxylic acids is 2. The van der Waals surface area contributed by atoms with Gasteiger partial charge in [-0.1, -0.05) is 45.3 Å². The highest BCUT2D eigenvalue weighted by atomic mass is 16.7. The number of hydrogen-bond donors (Lipinski definition) is 1. The molecule has 0 spiro atoms. The van der Waals surface area contributed by atoms with Crippen LogP contribution in [0.2, 0.25) is 0 Å². The van der Waals surface area contributed by atoms with Crippen molar-refractivity contribution >= 4 is 17.6 Å². The molecule has 6 heteroatoms. The molecule has 0 aromatic rings. The van der Waals surface area contributed by atoms with Crippen LogP contribution in [-0.2, 0) is 9.63 Å². The zero-order valence-electron chi connectivity index (χ0n) is 25.4. The minimum absolute atomic E-state index is 0.209. The Morgan fingerprint density at radius 3 is 2.64 bits per heavy atom. The van der Waals surface area contributed by atoms with Crippen molar-refractivity contribution in [2.45, 2.75) is 112 Å². The molecule has 218 valence electrons. The summed E-state index contributed by atoms with van der Waals surface area (Å²) in [6, 6.07) is 0.478. The fraction of sp³-hybridized carbons (Fsp3) is 0.848. The second-order valence-electron chi connectivity index (χ2n) is 14.7. The molecule has 3 saturated carbocycles. The minimum Gasteiger partial charge on any atom is -0.314 e. The molecule has 1 saturated heterocycles. The number of allylic oxidation sites excluding steroid dienone is 1. The molecule has 2 unspecified atom stereocenters. The summed E-state index contributed by atoms with van der Waals surface area (Å²) in [5.41, 5.74) is 2.85. The van der Waals surface area contributed by atoms with Crippen LogP contribution < -0.4 is 5.32 Å². The first kappa shape index (κ1) is 28.8. The van der Waals surface area contributed by atoms with E-state index in [1.807, 2.05) is 11.0 Å². The van der Waals surface area contributed by atoms with Gasteiger partial charge < -0.3 is 10.2 Å². The molecule has 1 N–H and O–H groups in total. The van der Waals surface area contributed by atoms with Crippen LogP contribution in [0.25, 0.3) is 0 Å². The number of hydrogen-bond acceptors (Lipinski definition) is 5. The SMILES string of the molecule is C/C(=N\OC(=O)N(CCC1NCCC1C)CC(C)C)[C@H]1CC[C@H]2[C@@H]3CCC4=CC(=O)CC[C@]4(C)[C@H]3CC[C@]12C. The Labute approximate surface area is 236 Å². The molecular weight excluding hydrogens is 486 g/mol. The van der Waals surface area contributed by atoms with Gasteiger partial charge >= 0.3 is 6.09 Å². The highest BCUT2D eigenvalue weighted by molar-refractivity contribution is 5.91. The van der Waals surface area contributed by atoms with E-state index in [0.717, 1.165) is 50.3 Å². The normalized spacial score (nSPS) is 40.1. The van der Waals surface area contributed by atoms with Gasteiger partial charge in [-0.2, -0.15) is 0 Å². The summed E-state index contributed by atoms with van der Waals surface area (Å²) >= 11 is 0. The topological polar surface area (TPSA) is 71.0 Å². The van der Waals surface area contributed by atoms with Gasteiger partial charge in [-0.25, -0.2) is 4.79 Å². The fourth-order valence-corrected chi connectivity index (χ4v) is 9.76. The standard InChI is InChI=1S/C33H53N3O3/c1-21(2)20-36(18-14-30-22(3)13-17-34-30)31(38)39-35-23(4)27-9-10-28-26-8-7-24-19-25(37)11-15-32(24,5)29(26)12-16-33(27,28)6/h19,21-22,26-30,34H,7-18,20H2,1-6H3/b35-23+/t22?,26-,27+,28-,29-,30?,32-,33+/m0/s1. The summed E-state index contributed by atoms with van der Waals surface area (Å²) in [7, 11) is 0. The van der Waals surface area contributed by atoms with Gasteiger partial charge in [0, 0.05) is 31.5 Å². The van der Waals surface area contributed by atoms with E-state index in [2.05, 4.69) is 52.0 Å². The Morgan fingerprint density at radius 2 is 1.92 bits per heavy atom. The lowest BCUT2D eigenvalue weighted by Gasteiger charge is -2.58. The Bertz CT molecular complexity index is 1000. The van der Waals surface area contributed by atoms with Crippen LogP contribution in [-0.4, -0.2) is 48.2 Å². The van der Waals surface area contributed by atoms with Crippen LogP contribution in [0.5, 0.6) is 0 Å². The number of nitrogens with zero attached hydrogens (tertiary/aromatic N) is 2. The Balaban J connectivity index is 1.24. The van der Waals surface area contributed by atoms with Crippen molar-refractivity contribution in [2.75, 3.05) is 19.6 Å². The van der Waals surface area contributed by atoms with E-state index in [9.17, 15) is 9.59 Å². The highest BCUT2D eigenvalue weighted by Gasteiger charge is 2.59. The van der Waals surface area contributed by atoms with Crippen LogP contribution in [0.1, 0.15) is 106 Å². The Morgan fingerprint density at radius 1 is 1.13 bits per heavy atom. The first-order valence-corrected chi connectivity index (χ1v) is 16.0. The van der Waals surface area contributed by atoms with Crippen molar-refractivity contribution in [1.82, 2.24) is 10.2 Å². The molecule has 1 amide bonds. The third-order valence-corrected chi connectivity index (χ3v) is 12.0. The van der Waals surface area contributed by atoms with Gasteiger partial charge in [-0.05, 0) is 118 Å². The second-order valence-corrected chi connectivity index (χ2v) is 14.7. The van der Waals surface area contributed by atoms with Gasteiger partial charge in [-0.15, -0.1) is 0 Å². The Kier molecular flexibility index (Phi) is 8.35. The molecule has 4 fully saturated rings. The molecule has 0 aromatic heterocycles. The molecule has 8 atom stereocenters. The van der Waals surface area contributed by atoms with E-state index in [0.29, 0.717) is 54.5 Å². The van der Waals surface area contributed by atoms with E-state index in [-0.39, 0.29) is 16.9 Å². The molecule has 1 heterocycles. The summed E-state index contributed by atoms with van der Waals surface area (Å²) in [5.74, 6) is 3.86. The van der Waals surface area contributed by atoms with Gasteiger partial charge in [0.1, 0.15) is 0 Å². The minimum atomic E-state index is -0.302. The highest BCUT2D eigenvalue weighted by Crippen LogP contribution is 2.66. The average molecular weight is 540 g/mol. The van der Waals surface area contributed by atoms with Crippen LogP contribution in [0.4, 0.5) is 4.79 Å². The van der Waals surface area contributed by atoms with Crippen molar-refractivity contribution in [2.24, 2.45) is 51.5 Å². The Hall–Kier alpha value is -1.69. The summed E-state index contributed by atoms with van der Waals surface area (Å²) in [4.78, 5) is 32.9. The van der Waals surface area contributed by atoms with Gasteiger partial charge in [0.25, 0.3) is 0 Å². The second kappa shape index (κ2) is 11.3. The number of ketones is 1. The van der Waals surface area contributed by atoms with Gasteiger partial charge in [0.2, 0.25) is 0 Å². The molecule has 39 heavy (non-hydrogen) atoms. The first-order chi connectivity index (χ1) is 18.5. The maximum atomic E-state index is 13.2. The number of nitrogens with one attached hydrogen (secondary N) is 1. The summed E-state index contributed by atoms with van der Waals surface area (Å²) in [5, 5.41) is 8.11. The number of rotatable bonds is 7. The summed E-state index contributed by atoms with van der Waals surface area (Å²) in [6.45, 7) is 16.1. The number of carbonyl (C=O) groups is 2. The zero-order chi connectivity index (χ0) is 27.9. The van der Waals surface area contributed by atoms with Crippen molar-refractivity contribution in [3.63, 3.8) is 0 Å². The van der Waals surface area contributed by atoms with Gasteiger partial charge in [0.15, 0.2) is 5.78 Å². The lowest BCUT2D eigenvalue weighted by Crippen LogP contribution is -2.51. The van der Waals surface area contributed by atoms with Gasteiger partial charge in [-0.3, -0.25) is 9.63 Å². The monoisotopic (exact) mass is 539 g/mol. The summed E-state index contributed by atoms with van der Waals surface area (Å²) in [6.07, 6.45) is 12.7. The maximum Gasteiger partial charge on any atom is 0.435 e. The predicted molar refractivity (Wildman–Crippen MR) is 156 cm³/mol.